The number of nitro groups is 1. The predicted molar refractivity (Wildman–Crippen MR) is 74.9 cm³/mol. The van der Waals surface area contributed by atoms with Crippen LogP contribution in [0.4, 0.5) is 17.1 Å². The second-order valence-electron chi connectivity index (χ2n) is 4.48. The van der Waals surface area contributed by atoms with Gasteiger partial charge in [-0.05, 0) is 18.6 Å². The molecule has 6 nitrogen and oxygen atoms in total. The van der Waals surface area contributed by atoms with Crippen molar-refractivity contribution in [1.82, 2.24) is 0 Å². The second kappa shape index (κ2) is 6.38. The van der Waals surface area contributed by atoms with E-state index in [1.165, 1.54) is 0 Å². The first-order chi connectivity index (χ1) is 9.22. The van der Waals surface area contributed by atoms with E-state index in [9.17, 15) is 10.1 Å². The van der Waals surface area contributed by atoms with Gasteiger partial charge in [0, 0.05) is 31.4 Å². The van der Waals surface area contributed by atoms with Crippen LogP contribution in [0.5, 0.6) is 0 Å². The second-order valence-corrected chi connectivity index (χ2v) is 4.48. The van der Waals surface area contributed by atoms with Crippen molar-refractivity contribution in [2.24, 2.45) is 0 Å². The Morgan fingerprint density at radius 1 is 1.42 bits per heavy atom. The van der Waals surface area contributed by atoms with Crippen LogP contribution in [0.2, 0.25) is 0 Å². The third-order valence-corrected chi connectivity index (χ3v) is 3.12. The van der Waals surface area contributed by atoms with Crippen molar-refractivity contribution in [2.75, 3.05) is 43.1 Å². The van der Waals surface area contributed by atoms with Crippen molar-refractivity contribution in [3.8, 4) is 0 Å². The van der Waals surface area contributed by atoms with Gasteiger partial charge in [-0.1, -0.05) is 6.92 Å². The van der Waals surface area contributed by atoms with Gasteiger partial charge < -0.3 is 15.0 Å². The number of nitrogens with zero attached hydrogens (tertiary/aromatic N) is 2. The van der Waals surface area contributed by atoms with Crippen molar-refractivity contribution in [3.05, 3.63) is 28.3 Å². The molecule has 0 aliphatic carbocycles. The number of rotatable bonds is 5. The number of hydrogen-bond donors (Lipinski definition) is 1. The summed E-state index contributed by atoms with van der Waals surface area (Å²) in [5.74, 6) is 0. The molecule has 0 bridgehead atoms. The normalized spacial score (nSPS) is 15.3. The zero-order valence-electron chi connectivity index (χ0n) is 11.1. The summed E-state index contributed by atoms with van der Waals surface area (Å²) in [4.78, 5) is 12.8. The van der Waals surface area contributed by atoms with Crippen LogP contribution in [0.3, 0.4) is 0 Å². The molecule has 1 aliphatic rings. The first-order valence-corrected chi connectivity index (χ1v) is 6.57. The summed E-state index contributed by atoms with van der Waals surface area (Å²) in [6, 6.07) is 5.24. The monoisotopic (exact) mass is 265 g/mol. The molecule has 1 aromatic carbocycles. The lowest BCUT2D eigenvalue weighted by Gasteiger charge is -2.29. The molecular formula is C13H19N3O3. The molecule has 2 rings (SSSR count). The van der Waals surface area contributed by atoms with Crippen molar-refractivity contribution in [3.63, 3.8) is 0 Å². The predicted octanol–water partition coefficient (Wildman–Crippen LogP) is 2.25. The summed E-state index contributed by atoms with van der Waals surface area (Å²) in [5, 5.41) is 14.1. The van der Waals surface area contributed by atoms with Crippen LogP contribution in [0.15, 0.2) is 18.2 Å². The SMILES string of the molecule is CCCNc1cc(N2CCOCC2)ccc1[N+](=O)[O-]. The average molecular weight is 265 g/mol. The molecule has 0 amide bonds. The van der Waals surface area contributed by atoms with Gasteiger partial charge in [0.15, 0.2) is 0 Å². The Labute approximate surface area is 112 Å². The Balaban J connectivity index is 2.23. The Hall–Kier alpha value is -1.82. The highest BCUT2D eigenvalue weighted by Crippen LogP contribution is 2.29. The molecular weight excluding hydrogens is 246 g/mol. The Morgan fingerprint density at radius 2 is 2.16 bits per heavy atom. The number of nitro benzene ring substituents is 1. The molecule has 0 radical (unpaired) electrons. The van der Waals surface area contributed by atoms with Gasteiger partial charge in [-0.2, -0.15) is 0 Å². The van der Waals surface area contributed by atoms with Crippen LogP contribution in [-0.2, 0) is 4.74 Å². The molecule has 1 fully saturated rings. The van der Waals surface area contributed by atoms with E-state index >= 15 is 0 Å². The minimum Gasteiger partial charge on any atom is -0.379 e. The highest BCUT2D eigenvalue weighted by atomic mass is 16.6. The fraction of sp³-hybridized carbons (Fsp3) is 0.538. The van der Waals surface area contributed by atoms with Gasteiger partial charge in [0.05, 0.1) is 18.1 Å². The molecule has 0 aromatic heterocycles. The maximum atomic E-state index is 11.0. The van der Waals surface area contributed by atoms with Gasteiger partial charge in [-0.25, -0.2) is 0 Å². The molecule has 104 valence electrons. The van der Waals surface area contributed by atoms with Crippen LogP contribution in [0.1, 0.15) is 13.3 Å². The number of ether oxygens (including phenoxy) is 1. The quantitative estimate of drug-likeness (QED) is 0.653. The van der Waals surface area contributed by atoms with Gasteiger partial charge in [-0.15, -0.1) is 0 Å². The molecule has 1 aromatic rings. The van der Waals surface area contributed by atoms with E-state index in [0.29, 0.717) is 18.9 Å². The lowest BCUT2D eigenvalue weighted by Crippen LogP contribution is -2.36. The van der Waals surface area contributed by atoms with E-state index in [1.54, 1.807) is 12.1 Å². The molecule has 1 heterocycles. The van der Waals surface area contributed by atoms with Crippen molar-refractivity contribution in [2.45, 2.75) is 13.3 Å². The third kappa shape index (κ3) is 3.35. The molecule has 19 heavy (non-hydrogen) atoms. The summed E-state index contributed by atoms with van der Waals surface area (Å²) in [6.07, 6.45) is 0.930. The summed E-state index contributed by atoms with van der Waals surface area (Å²) in [5.41, 5.74) is 1.73. The van der Waals surface area contributed by atoms with E-state index in [1.807, 2.05) is 13.0 Å². The standard InChI is InChI=1S/C13H19N3O3/c1-2-5-14-12-10-11(3-4-13(12)16(17)18)15-6-8-19-9-7-15/h3-4,10,14H,2,5-9H2,1H3. The summed E-state index contributed by atoms with van der Waals surface area (Å²) in [7, 11) is 0. The summed E-state index contributed by atoms with van der Waals surface area (Å²) < 4.78 is 5.31. The van der Waals surface area contributed by atoms with Gasteiger partial charge in [0.1, 0.15) is 5.69 Å². The smallest absolute Gasteiger partial charge is 0.292 e. The Morgan fingerprint density at radius 3 is 2.79 bits per heavy atom. The van der Waals surface area contributed by atoms with E-state index in [0.717, 1.165) is 31.7 Å². The number of nitrogens with one attached hydrogen (secondary N) is 1. The average Bonchev–Trinajstić information content (AvgIpc) is 2.45. The number of anilines is 2. The Kier molecular flexibility index (Phi) is 4.57. The van der Waals surface area contributed by atoms with Crippen molar-refractivity contribution in [1.29, 1.82) is 0 Å². The van der Waals surface area contributed by atoms with Gasteiger partial charge in [-0.3, -0.25) is 10.1 Å². The van der Waals surface area contributed by atoms with Gasteiger partial charge >= 0.3 is 0 Å². The van der Waals surface area contributed by atoms with E-state index < -0.39 is 0 Å². The minimum absolute atomic E-state index is 0.130. The Bertz CT molecular complexity index is 445. The molecule has 0 atom stereocenters. The topological polar surface area (TPSA) is 67.6 Å². The molecule has 6 heteroatoms. The van der Waals surface area contributed by atoms with E-state index in [4.69, 9.17) is 4.74 Å². The van der Waals surface area contributed by atoms with Crippen LogP contribution in [0.25, 0.3) is 0 Å². The maximum absolute atomic E-state index is 11.0. The molecule has 1 aliphatic heterocycles. The van der Waals surface area contributed by atoms with Crippen LogP contribution < -0.4 is 10.2 Å². The van der Waals surface area contributed by atoms with Gasteiger partial charge in [0.25, 0.3) is 5.69 Å². The summed E-state index contributed by atoms with van der Waals surface area (Å²) in [6.45, 7) is 5.82. The van der Waals surface area contributed by atoms with Crippen LogP contribution in [0, 0.1) is 10.1 Å². The van der Waals surface area contributed by atoms with Crippen LogP contribution >= 0.6 is 0 Å². The third-order valence-electron chi connectivity index (χ3n) is 3.12. The van der Waals surface area contributed by atoms with Gasteiger partial charge in [0.2, 0.25) is 0 Å². The number of benzene rings is 1. The van der Waals surface area contributed by atoms with Crippen molar-refractivity contribution < 1.29 is 9.66 Å². The maximum Gasteiger partial charge on any atom is 0.292 e. The van der Waals surface area contributed by atoms with Crippen LogP contribution in [-0.4, -0.2) is 37.8 Å². The van der Waals surface area contributed by atoms with E-state index in [2.05, 4.69) is 10.2 Å². The fourth-order valence-corrected chi connectivity index (χ4v) is 2.10. The molecule has 0 unspecified atom stereocenters. The lowest BCUT2D eigenvalue weighted by atomic mass is 10.2. The lowest BCUT2D eigenvalue weighted by molar-refractivity contribution is -0.383. The van der Waals surface area contributed by atoms with E-state index in [-0.39, 0.29) is 10.6 Å². The molecule has 1 saturated heterocycles. The first kappa shape index (κ1) is 13.6. The van der Waals surface area contributed by atoms with Crippen molar-refractivity contribution >= 4 is 17.1 Å². The molecule has 0 saturated carbocycles. The molecule has 1 N–H and O–H groups in total. The summed E-state index contributed by atoms with van der Waals surface area (Å²) >= 11 is 0. The number of hydrogen-bond acceptors (Lipinski definition) is 5. The fourth-order valence-electron chi connectivity index (χ4n) is 2.10. The first-order valence-electron chi connectivity index (χ1n) is 6.57. The number of morpholine rings is 1. The zero-order chi connectivity index (χ0) is 13.7. The largest absolute Gasteiger partial charge is 0.379 e. The zero-order valence-corrected chi connectivity index (χ0v) is 11.1. The highest BCUT2D eigenvalue weighted by Gasteiger charge is 2.17. The minimum atomic E-state index is -0.346. The molecule has 0 spiro atoms. The highest BCUT2D eigenvalue weighted by molar-refractivity contribution is 5.69.